The maximum Gasteiger partial charge on any atom is 0.309 e. The van der Waals surface area contributed by atoms with Crippen LogP contribution >= 0.6 is 0 Å². The predicted octanol–water partition coefficient (Wildman–Crippen LogP) is 0.996. The zero-order chi connectivity index (χ0) is 17.7. The monoisotopic (exact) mass is 337 g/mol. The van der Waals surface area contributed by atoms with Crippen molar-refractivity contribution in [2.45, 2.75) is 33.4 Å². The Morgan fingerprint density at radius 1 is 1.46 bits per heavy atom. The number of carbonyl (C=O) groups is 1. The molecule has 0 fully saturated rings. The number of hydrazone groups is 1. The molecule has 0 spiro atoms. The molecule has 0 aromatic carbocycles. The third-order valence-electron chi connectivity index (χ3n) is 3.32. The third-order valence-corrected chi connectivity index (χ3v) is 3.32. The van der Waals surface area contributed by atoms with Gasteiger partial charge in [-0.15, -0.1) is 0 Å². The van der Waals surface area contributed by atoms with Gasteiger partial charge in [-0.2, -0.15) is 19.7 Å². The van der Waals surface area contributed by atoms with Gasteiger partial charge >= 0.3 is 5.69 Å². The highest BCUT2D eigenvalue weighted by Gasteiger charge is 2.16. The van der Waals surface area contributed by atoms with Crippen LogP contribution < -0.4 is 5.43 Å². The lowest BCUT2D eigenvalue weighted by Gasteiger charge is -2.02. The van der Waals surface area contributed by atoms with Gasteiger partial charge in [-0.3, -0.25) is 19.6 Å². The van der Waals surface area contributed by atoms with E-state index in [1.807, 2.05) is 0 Å². The number of amides is 1. The molecule has 0 saturated heterocycles. The number of nitro groups is 1. The van der Waals surface area contributed by atoms with Crippen molar-refractivity contribution in [1.82, 2.24) is 25.0 Å². The molecular formula is C13H16FN7O3. The number of hydrogen-bond donors (Lipinski definition) is 1. The zero-order valence-corrected chi connectivity index (χ0v) is 13.1. The molecule has 1 N–H and O–H groups in total. The van der Waals surface area contributed by atoms with E-state index in [-0.39, 0.29) is 24.2 Å². The number of rotatable bonds is 7. The van der Waals surface area contributed by atoms with Gasteiger partial charge in [0.05, 0.1) is 29.4 Å². The molecule has 0 atom stereocenters. The first-order valence-electron chi connectivity index (χ1n) is 7.14. The summed E-state index contributed by atoms with van der Waals surface area (Å²) in [6.07, 6.45) is 3.63. The van der Waals surface area contributed by atoms with E-state index < -0.39 is 16.8 Å². The Labute approximate surface area is 136 Å². The van der Waals surface area contributed by atoms with Gasteiger partial charge in [0.2, 0.25) is 11.9 Å². The largest absolute Gasteiger partial charge is 0.309 e. The second-order valence-electron chi connectivity index (χ2n) is 4.85. The molecule has 0 bridgehead atoms. The van der Waals surface area contributed by atoms with E-state index in [9.17, 15) is 19.3 Å². The van der Waals surface area contributed by atoms with Crippen LogP contribution in [0.2, 0.25) is 0 Å². The number of carbonyl (C=O) groups excluding carboxylic acids is 1. The van der Waals surface area contributed by atoms with E-state index in [0.717, 1.165) is 17.1 Å². The van der Waals surface area contributed by atoms with Crippen molar-refractivity contribution in [3.63, 3.8) is 0 Å². The summed E-state index contributed by atoms with van der Waals surface area (Å²) >= 11 is 0. The van der Waals surface area contributed by atoms with Crippen molar-refractivity contribution >= 4 is 17.8 Å². The molecule has 11 heteroatoms. The van der Waals surface area contributed by atoms with Crippen molar-refractivity contribution in [3.8, 4) is 0 Å². The van der Waals surface area contributed by atoms with Crippen LogP contribution in [-0.4, -0.2) is 36.6 Å². The molecule has 10 nitrogen and oxygen atoms in total. The summed E-state index contributed by atoms with van der Waals surface area (Å²) in [7, 11) is 0. The first kappa shape index (κ1) is 17.2. The first-order chi connectivity index (χ1) is 11.4. The number of aromatic nitrogens is 4. The van der Waals surface area contributed by atoms with Gasteiger partial charge in [-0.1, -0.05) is 0 Å². The van der Waals surface area contributed by atoms with Crippen molar-refractivity contribution < 1.29 is 14.1 Å². The minimum absolute atomic E-state index is 0.0215. The molecule has 128 valence electrons. The molecule has 2 aromatic heterocycles. The summed E-state index contributed by atoms with van der Waals surface area (Å²) in [4.78, 5) is 21.9. The fourth-order valence-electron chi connectivity index (χ4n) is 1.97. The fourth-order valence-corrected chi connectivity index (χ4v) is 1.97. The lowest BCUT2D eigenvalue weighted by molar-refractivity contribution is -0.385. The van der Waals surface area contributed by atoms with Crippen LogP contribution in [0.15, 0.2) is 17.5 Å². The molecular weight excluding hydrogens is 321 g/mol. The van der Waals surface area contributed by atoms with Crippen LogP contribution in [0.1, 0.15) is 24.6 Å². The molecule has 0 aliphatic rings. The number of hydrogen-bond acceptors (Lipinski definition) is 6. The van der Waals surface area contributed by atoms with Crippen LogP contribution in [0.3, 0.4) is 0 Å². The van der Waals surface area contributed by atoms with E-state index >= 15 is 0 Å². The quantitative estimate of drug-likeness (QED) is 0.459. The fraction of sp³-hybridized carbons (Fsp3) is 0.385. The summed E-state index contributed by atoms with van der Waals surface area (Å²) in [6, 6.07) is 0. The molecule has 0 unspecified atom stereocenters. The van der Waals surface area contributed by atoms with Gasteiger partial charge in [0.1, 0.15) is 11.9 Å². The highest BCUT2D eigenvalue weighted by molar-refractivity contribution is 5.82. The van der Waals surface area contributed by atoms with Crippen LogP contribution in [-0.2, 0) is 17.9 Å². The number of aryl methyl sites for hydroxylation is 2. The van der Waals surface area contributed by atoms with E-state index in [1.54, 1.807) is 13.8 Å². The Morgan fingerprint density at radius 2 is 2.17 bits per heavy atom. The van der Waals surface area contributed by atoms with E-state index in [2.05, 4.69) is 20.7 Å². The average molecular weight is 337 g/mol. The van der Waals surface area contributed by atoms with Crippen molar-refractivity contribution in [1.29, 1.82) is 0 Å². The lowest BCUT2D eigenvalue weighted by Crippen LogP contribution is -2.20. The van der Waals surface area contributed by atoms with Gasteiger partial charge in [0.15, 0.2) is 0 Å². The summed E-state index contributed by atoms with van der Waals surface area (Å²) in [6.45, 7) is 3.86. The van der Waals surface area contributed by atoms with Crippen LogP contribution in [0, 0.1) is 23.0 Å². The summed E-state index contributed by atoms with van der Waals surface area (Å²) in [5, 5.41) is 22.0. The minimum atomic E-state index is -0.534. The van der Waals surface area contributed by atoms with Gasteiger partial charge in [-0.05, 0) is 13.8 Å². The second kappa shape index (κ2) is 7.44. The molecule has 0 radical (unpaired) electrons. The van der Waals surface area contributed by atoms with E-state index in [0.29, 0.717) is 12.2 Å². The number of nitrogens with zero attached hydrogens (tertiary/aromatic N) is 6. The average Bonchev–Trinajstić information content (AvgIpc) is 3.08. The van der Waals surface area contributed by atoms with Gasteiger partial charge in [0.25, 0.3) is 0 Å². The molecule has 1 amide bonds. The summed E-state index contributed by atoms with van der Waals surface area (Å²) in [5.74, 6) is -0.956. The molecule has 2 heterocycles. The lowest BCUT2D eigenvalue weighted by atomic mass is 10.3. The minimum Gasteiger partial charge on any atom is -0.273 e. The van der Waals surface area contributed by atoms with Crippen molar-refractivity contribution in [2.24, 2.45) is 5.10 Å². The Bertz CT molecular complexity index is 781. The highest BCUT2D eigenvalue weighted by atomic mass is 19.1. The molecule has 2 rings (SSSR count). The maximum atomic E-state index is 13.7. The van der Waals surface area contributed by atoms with Crippen LogP contribution in [0.4, 0.5) is 10.1 Å². The standard InChI is InChI=1S/C13H16FN7O3/c1-3-19-13(14)10(7-16-19)6-15-18-12(22)4-5-20-9(2)11(8-17-20)21(23)24/h6-8H,3-5H2,1-2H3,(H,18,22). The second-order valence-corrected chi connectivity index (χ2v) is 4.85. The Balaban J connectivity index is 1.86. The maximum absolute atomic E-state index is 13.7. The first-order valence-corrected chi connectivity index (χ1v) is 7.14. The predicted molar refractivity (Wildman–Crippen MR) is 81.8 cm³/mol. The Hall–Kier alpha value is -3.11. The number of halogens is 1. The number of nitrogens with one attached hydrogen (secondary N) is 1. The van der Waals surface area contributed by atoms with E-state index in [1.165, 1.54) is 10.9 Å². The third kappa shape index (κ3) is 3.80. The zero-order valence-electron chi connectivity index (χ0n) is 13.1. The smallest absolute Gasteiger partial charge is 0.273 e. The molecule has 0 aliphatic carbocycles. The normalized spacial score (nSPS) is 11.1. The summed E-state index contributed by atoms with van der Waals surface area (Å²) in [5.41, 5.74) is 2.69. The summed E-state index contributed by atoms with van der Waals surface area (Å²) < 4.78 is 16.2. The highest BCUT2D eigenvalue weighted by Crippen LogP contribution is 2.16. The van der Waals surface area contributed by atoms with Crippen molar-refractivity contribution in [3.05, 3.63) is 39.7 Å². The Kier molecular flexibility index (Phi) is 5.35. The van der Waals surface area contributed by atoms with Crippen LogP contribution in [0.5, 0.6) is 0 Å². The van der Waals surface area contributed by atoms with Crippen molar-refractivity contribution in [2.75, 3.05) is 0 Å². The SMILES string of the molecule is CCn1ncc(C=NNC(=O)CCn2ncc([N+](=O)[O-])c2C)c1F. The van der Waals surface area contributed by atoms with E-state index in [4.69, 9.17) is 0 Å². The molecule has 0 aliphatic heterocycles. The van der Waals surface area contributed by atoms with Crippen LogP contribution in [0.25, 0.3) is 0 Å². The van der Waals surface area contributed by atoms with Gasteiger partial charge in [0, 0.05) is 13.0 Å². The van der Waals surface area contributed by atoms with Gasteiger partial charge in [-0.25, -0.2) is 10.1 Å². The molecule has 0 saturated carbocycles. The van der Waals surface area contributed by atoms with Gasteiger partial charge < -0.3 is 0 Å². The topological polar surface area (TPSA) is 120 Å². The molecule has 2 aromatic rings. The Morgan fingerprint density at radius 3 is 2.75 bits per heavy atom. The molecule has 24 heavy (non-hydrogen) atoms.